The molecule has 29 heavy (non-hydrogen) atoms. The van der Waals surface area contributed by atoms with Gasteiger partial charge in [0.15, 0.2) is 5.82 Å². The predicted octanol–water partition coefficient (Wildman–Crippen LogP) is 2.08. The average Bonchev–Trinajstić information content (AvgIpc) is 3.37. The lowest BCUT2D eigenvalue weighted by molar-refractivity contribution is 0.0437. The molecule has 2 saturated heterocycles. The fourth-order valence-electron chi connectivity index (χ4n) is 5.53. The van der Waals surface area contributed by atoms with Crippen LogP contribution in [0.1, 0.15) is 25.7 Å². The standard InChI is InChI=1S/C21H24N8/c1-26-9-16(8-24-26)15-6-20-21(23-13-25-28(20)10-15)27-11-17-2-3-18(12-27)29(17)19-4-14(5-19)7-22/h6,8-10,13-14,17-19H,2-5,11-12H2,1H3/t14?,17-,18?,19?/m1/s1. The minimum atomic E-state index is 0.269. The Balaban J connectivity index is 1.28. The van der Waals surface area contributed by atoms with Gasteiger partial charge in [-0.15, -0.1) is 0 Å². The van der Waals surface area contributed by atoms with Crippen molar-refractivity contribution < 1.29 is 0 Å². The van der Waals surface area contributed by atoms with Crippen molar-refractivity contribution in [2.75, 3.05) is 18.0 Å². The fraction of sp³-hybridized carbons (Fsp3) is 0.524. The Kier molecular flexibility index (Phi) is 3.68. The molecule has 2 aliphatic heterocycles. The maximum absolute atomic E-state index is 9.13. The van der Waals surface area contributed by atoms with Crippen LogP contribution in [0, 0.1) is 17.2 Å². The van der Waals surface area contributed by atoms with E-state index in [1.54, 1.807) is 6.33 Å². The molecule has 5 heterocycles. The van der Waals surface area contributed by atoms with Crippen LogP contribution in [0.25, 0.3) is 16.6 Å². The molecule has 8 nitrogen and oxygen atoms in total. The summed E-state index contributed by atoms with van der Waals surface area (Å²) >= 11 is 0. The SMILES string of the molecule is Cn1cc(-c2cc3c(N4CC5CC[C@H](C4)N5C4CC(C#N)C4)ncnn3c2)cn1. The van der Waals surface area contributed by atoms with Crippen molar-refractivity contribution in [2.24, 2.45) is 13.0 Å². The van der Waals surface area contributed by atoms with Crippen LogP contribution in [-0.4, -0.2) is 60.5 Å². The molecule has 0 spiro atoms. The smallest absolute Gasteiger partial charge is 0.156 e. The molecule has 0 amide bonds. The van der Waals surface area contributed by atoms with Gasteiger partial charge in [-0.25, -0.2) is 9.50 Å². The molecule has 8 heteroatoms. The van der Waals surface area contributed by atoms with Gasteiger partial charge in [0.25, 0.3) is 0 Å². The zero-order chi connectivity index (χ0) is 19.5. The number of aromatic nitrogens is 5. The fourth-order valence-corrected chi connectivity index (χ4v) is 5.53. The number of rotatable bonds is 3. The first-order valence-electron chi connectivity index (χ1n) is 10.4. The molecule has 2 bridgehead atoms. The van der Waals surface area contributed by atoms with E-state index in [4.69, 9.17) is 5.26 Å². The van der Waals surface area contributed by atoms with E-state index in [9.17, 15) is 0 Å². The van der Waals surface area contributed by atoms with E-state index in [-0.39, 0.29) is 5.92 Å². The highest BCUT2D eigenvalue weighted by atomic mass is 15.4. The summed E-state index contributed by atoms with van der Waals surface area (Å²) < 4.78 is 3.75. The Hall–Kier alpha value is -2.92. The van der Waals surface area contributed by atoms with Gasteiger partial charge in [-0.1, -0.05) is 0 Å². The van der Waals surface area contributed by atoms with Gasteiger partial charge in [0, 0.05) is 67.7 Å². The Morgan fingerprint density at radius 1 is 1.03 bits per heavy atom. The highest BCUT2D eigenvalue weighted by Crippen LogP contribution is 2.41. The molecule has 3 aromatic rings. The minimum absolute atomic E-state index is 0.269. The van der Waals surface area contributed by atoms with E-state index < -0.39 is 0 Å². The molecule has 1 aliphatic carbocycles. The third-order valence-corrected chi connectivity index (χ3v) is 6.98. The van der Waals surface area contributed by atoms with Gasteiger partial charge in [0.1, 0.15) is 11.8 Å². The molecule has 3 aliphatic rings. The zero-order valence-corrected chi connectivity index (χ0v) is 16.5. The second kappa shape index (κ2) is 6.29. The number of nitrogens with zero attached hydrogens (tertiary/aromatic N) is 8. The van der Waals surface area contributed by atoms with Crippen molar-refractivity contribution in [3.63, 3.8) is 0 Å². The Labute approximate surface area is 169 Å². The van der Waals surface area contributed by atoms with Gasteiger partial charge in [-0.3, -0.25) is 9.58 Å². The Morgan fingerprint density at radius 3 is 2.52 bits per heavy atom. The van der Waals surface area contributed by atoms with Crippen LogP contribution in [0.4, 0.5) is 5.82 Å². The normalized spacial score (nSPS) is 29.2. The number of hydrogen-bond donors (Lipinski definition) is 0. The van der Waals surface area contributed by atoms with Crippen molar-refractivity contribution in [3.05, 3.63) is 31.0 Å². The van der Waals surface area contributed by atoms with Gasteiger partial charge in [-0.05, 0) is 31.7 Å². The van der Waals surface area contributed by atoms with E-state index in [2.05, 4.69) is 43.3 Å². The van der Waals surface area contributed by atoms with Gasteiger partial charge in [0.05, 0.1) is 12.3 Å². The molecular weight excluding hydrogens is 364 g/mol. The number of piperazine rings is 1. The number of fused-ring (bicyclic) bond motifs is 3. The maximum Gasteiger partial charge on any atom is 0.156 e. The third kappa shape index (κ3) is 2.64. The second-order valence-corrected chi connectivity index (χ2v) is 8.73. The van der Waals surface area contributed by atoms with E-state index in [0.29, 0.717) is 18.1 Å². The Bertz CT molecular complexity index is 1090. The van der Waals surface area contributed by atoms with Gasteiger partial charge in [0.2, 0.25) is 0 Å². The molecule has 6 rings (SSSR count). The van der Waals surface area contributed by atoms with Crippen LogP contribution >= 0.6 is 0 Å². The van der Waals surface area contributed by atoms with Crippen molar-refractivity contribution in [3.8, 4) is 17.2 Å². The summed E-state index contributed by atoms with van der Waals surface area (Å²) in [4.78, 5) is 9.85. The number of anilines is 1. The zero-order valence-electron chi connectivity index (χ0n) is 16.5. The van der Waals surface area contributed by atoms with Crippen molar-refractivity contribution in [1.29, 1.82) is 5.26 Å². The Morgan fingerprint density at radius 2 is 1.83 bits per heavy atom. The van der Waals surface area contributed by atoms with Crippen LogP contribution in [0.2, 0.25) is 0 Å². The van der Waals surface area contributed by atoms with Crippen LogP contribution < -0.4 is 4.90 Å². The molecule has 0 aromatic carbocycles. The summed E-state index contributed by atoms with van der Waals surface area (Å²) in [7, 11) is 1.93. The highest BCUT2D eigenvalue weighted by Gasteiger charge is 2.47. The summed E-state index contributed by atoms with van der Waals surface area (Å²) in [5.41, 5.74) is 3.25. The lowest BCUT2D eigenvalue weighted by atomic mass is 9.79. The molecule has 3 fully saturated rings. The molecule has 0 N–H and O–H groups in total. The molecule has 2 atom stereocenters. The van der Waals surface area contributed by atoms with E-state index in [1.165, 1.54) is 12.8 Å². The second-order valence-electron chi connectivity index (χ2n) is 8.73. The lowest BCUT2D eigenvalue weighted by Crippen LogP contribution is -2.60. The van der Waals surface area contributed by atoms with E-state index >= 15 is 0 Å². The van der Waals surface area contributed by atoms with Crippen molar-refractivity contribution in [1.82, 2.24) is 29.3 Å². The molecule has 3 aromatic heterocycles. The number of nitriles is 1. The first kappa shape index (κ1) is 17.0. The summed E-state index contributed by atoms with van der Waals surface area (Å²) in [6, 6.07) is 6.35. The first-order valence-corrected chi connectivity index (χ1v) is 10.4. The van der Waals surface area contributed by atoms with Crippen molar-refractivity contribution in [2.45, 2.75) is 43.8 Å². The topological polar surface area (TPSA) is 78.3 Å². The summed E-state index contributed by atoms with van der Waals surface area (Å²) in [5.74, 6) is 1.29. The van der Waals surface area contributed by atoms with Crippen LogP contribution in [0.15, 0.2) is 31.0 Å². The van der Waals surface area contributed by atoms with Crippen LogP contribution in [0.3, 0.4) is 0 Å². The number of aryl methyl sites for hydroxylation is 1. The highest BCUT2D eigenvalue weighted by molar-refractivity contribution is 5.77. The van der Waals surface area contributed by atoms with E-state index in [0.717, 1.165) is 48.4 Å². The van der Waals surface area contributed by atoms with Gasteiger partial charge >= 0.3 is 0 Å². The molecular formula is C21H24N8. The van der Waals surface area contributed by atoms with Gasteiger partial charge in [-0.2, -0.15) is 15.5 Å². The van der Waals surface area contributed by atoms with Crippen LogP contribution in [0.5, 0.6) is 0 Å². The van der Waals surface area contributed by atoms with E-state index in [1.807, 2.05) is 28.6 Å². The molecule has 0 radical (unpaired) electrons. The predicted molar refractivity (Wildman–Crippen MR) is 108 cm³/mol. The molecule has 148 valence electrons. The summed E-state index contributed by atoms with van der Waals surface area (Å²) in [6.45, 7) is 2.01. The van der Waals surface area contributed by atoms with Crippen LogP contribution in [-0.2, 0) is 7.05 Å². The summed E-state index contributed by atoms with van der Waals surface area (Å²) in [6.07, 6.45) is 12.2. The molecule has 1 saturated carbocycles. The molecule has 1 unspecified atom stereocenters. The monoisotopic (exact) mass is 388 g/mol. The number of hydrogen-bond acceptors (Lipinski definition) is 6. The van der Waals surface area contributed by atoms with Gasteiger partial charge < -0.3 is 4.90 Å². The summed E-state index contributed by atoms with van der Waals surface area (Å²) in [5, 5.41) is 17.9. The average molecular weight is 388 g/mol. The minimum Gasteiger partial charge on any atom is -0.352 e. The maximum atomic E-state index is 9.13. The third-order valence-electron chi connectivity index (χ3n) is 6.98. The van der Waals surface area contributed by atoms with Crippen molar-refractivity contribution >= 4 is 11.3 Å². The largest absolute Gasteiger partial charge is 0.352 e. The quantitative estimate of drug-likeness (QED) is 0.684. The first-order chi connectivity index (χ1) is 14.2. The lowest BCUT2D eigenvalue weighted by Gasteiger charge is -2.49.